The van der Waals surface area contributed by atoms with Gasteiger partial charge in [0, 0.05) is 19.0 Å². The molecule has 1 fully saturated rings. The van der Waals surface area contributed by atoms with Crippen molar-refractivity contribution < 1.29 is 9.59 Å². The lowest BCUT2D eigenvalue weighted by atomic mass is 10.1. The van der Waals surface area contributed by atoms with Gasteiger partial charge in [-0.05, 0) is 31.7 Å². The third-order valence-electron chi connectivity index (χ3n) is 3.20. The average molecular weight is 247 g/mol. The molecule has 0 unspecified atom stereocenters. The molecule has 2 atom stereocenters. The summed E-state index contributed by atoms with van der Waals surface area (Å²) in [5, 5.41) is 0. The molecule has 2 rings (SSSR count). The standard InChI is InChI=1S/C10H10O.C5H11NO/c11-7-9-6-10(9)8-4-2-1-3-5-8;1-3-6(4-2)5-7/h1-5,7,9-10H,6H2;5H,3-4H2,1-2H3/t9-,10+;/m0./s1. The van der Waals surface area contributed by atoms with Gasteiger partial charge >= 0.3 is 0 Å². The van der Waals surface area contributed by atoms with Crippen molar-refractivity contribution in [1.29, 1.82) is 0 Å². The molecule has 0 bridgehead atoms. The molecule has 1 aliphatic carbocycles. The Morgan fingerprint density at radius 1 is 1.17 bits per heavy atom. The van der Waals surface area contributed by atoms with Crippen LogP contribution in [0.1, 0.15) is 31.7 Å². The van der Waals surface area contributed by atoms with E-state index in [9.17, 15) is 9.59 Å². The van der Waals surface area contributed by atoms with Gasteiger partial charge in [-0.3, -0.25) is 4.79 Å². The summed E-state index contributed by atoms with van der Waals surface area (Å²) in [4.78, 5) is 21.9. The summed E-state index contributed by atoms with van der Waals surface area (Å²) in [6.07, 6.45) is 2.98. The fourth-order valence-corrected chi connectivity index (χ4v) is 1.82. The van der Waals surface area contributed by atoms with Crippen LogP contribution >= 0.6 is 0 Å². The third-order valence-corrected chi connectivity index (χ3v) is 3.20. The number of carbonyl (C=O) groups excluding carboxylic acids is 2. The molecule has 0 N–H and O–H groups in total. The minimum Gasteiger partial charge on any atom is -0.346 e. The molecule has 0 aromatic heterocycles. The maximum Gasteiger partial charge on any atom is 0.209 e. The second-order valence-electron chi connectivity index (χ2n) is 4.38. The number of hydrogen-bond acceptors (Lipinski definition) is 2. The van der Waals surface area contributed by atoms with Crippen molar-refractivity contribution in [2.45, 2.75) is 26.2 Å². The van der Waals surface area contributed by atoms with E-state index in [4.69, 9.17) is 0 Å². The fraction of sp³-hybridized carbons (Fsp3) is 0.467. The van der Waals surface area contributed by atoms with Crippen molar-refractivity contribution in [2.24, 2.45) is 5.92 Å². The molecular weight excluding hydrogens is 226 g/mol. The van der Waals surface area contributed by atoms with Crippen molar-refractivity contribution in [3.63, 3.8) is 0 Å². The molecule has 1 aromatic carbocycles. The SMILES string of the molecule is CCN(C=O)CC.O=C[C@@H]1C[C@@H]1c1ccccc1. The maximum absolute atomic E-state index is 10.4. The second kappa shape index (κ2) is 7.64. The van der Waals surface area contributed by atoms with Gasteiger partial charge in [-0.1, -0.05) is 30.3 Å². The van der Waals surface area contributed by atoms with E-state index in [1.54, 1.807) is 4.90 Å². The van der Waals surface area contributed by atoms with Crippen LogP contribution in [-0.4, -0.2) is 30.7 Å². The highest BCUT2D eigenvalue weighted by Crippen LogP contribution is 2.45. The van der Waals surface area contributed by atoms with E-state index in [0.717, 1.165) is 32.2 Å². The molecule has 98 valence electrons. The lowest BCUT2D eigenvalue weighted by Gasteiger charge is -2.08. The van der Waals surface area contributed by atoms with Crippen molar-refractivity contribution in [1.82, 2.24) is 4.90 Å². The second-order valence-corrected chi connectivity index (χ2v) is 4.38. The van der Waals surface area contributed by atoms with Crippen LogP contribution in [0.4, 0.5) is 0 Å². The number of carbonyl (C=O) groups is 2. The van der Waals surface area contributed by atoms with Gasteiger partial charge in [0.25, 0.3) is 0 Å². The Morgan fingerprint density at radius 2 is 1.78 bits per heavy atom. The summed E-state index contributed by atoms with van der Waals surface area (Å²) in [6, 6.07) is 10.2. The van der Waals surface area contributed by atoms with E-state index in [0.29, 0.717) is 11.8 Å². The summed E-state index contributed by atoms with van der Waals surface area (Å²) in [6.45, 7) is 5.55. The first-order valence-electron chi connectivity index (χ1n) is 6.46. The number of benzene rings is 1. The molecule has 0 saturated heterocycles. The lowest BCUT2D eigenvalue weighted by molar-refractivity contribution is -0.117. The molecular formula is C15H21NO2. The highest BCUT2D eigenvalue weighted by Gasteiger charge is 2.37. The molecule has 18 heavy (non-hydrogen) atoms. The highest BCUT2D eigenvalue weighted by molar-refractivity contribution is 5.61. The molecule has 1 saturated carbocycles. The monoisotopic (exact) mass is 247 g/mol. The number of aldehydes is 1. The van der Waals surface area contributed by atoms with Crippen LogP contribution < -0.4 is 0 Å². The minimum atomic E-state index is 0.303. The molecule has 0 aliphatic heterocycles. The number of hydrogen-bond donors (Lipinski definition) is 0. The van der Waals surface area contributed by atoms with Gasteiger partial charge < -0.3 is 9.69 Å². The largest absolute Gasteiger partial charge is 0.346 e. The zero-order chi connectivity index (χ0) is 13.4. The molecule has 3 nitrogen and oxygen atoms in total. The Hall–Kier alpha value is -1.64. The van der Waals surface area contributed by atoms with E-state index in [1.165, 1.54) is 5.56 Å². The first-order valence-corrected chi connectivity index (χ1v) is 6.46. The van der Waals surface area contributed by atoms with Crippen molar-refractivity contribution in [3.05, 3.63) is 35.9 Å². The van der Waals surface area contributed by atoms with Crippen LogP contribution in [0.5, 0.6) is 0 Å². The first-order chi connectivity index (χ1) is 8.76. The molecule has 0 heterocycles. The van der Waals surface area contributed by atoms with E-state index >= 15 is 0 Å². The first kappa shape index (κ1) is 14.4. The van der Waals surface area contributed by atoms with Gasteiger partial charge in [-0.15, -0.1) is 0 Å². The quantitative estimate of drug-likeness (QED) is 0.750. The predicted molar refractivity (Wildman–Crippen MR) is 72.3 cm³/mol. The zero-order valence-corrected chi connectivity index (χ0v) is 11.1. The smallest absolute Gasteiger partial charge is 0.209 e. The van der Waals surface area contributed by atoms with E-state index in [-0.39, 0.29) is 0 Å². The van der Waals surface area contributed by atoms with Crippen molar-refractivity contribution in [2.75, 3.05) is 13.1 Å². The Kier molecular flexibility index (Phi) is 6.12. The third kappa shape index (κ3) is 4.32. The maximum atomic E-state index is 10.4. The Morgan fingerprint density at radius 3 is 2.11 bits per heavy atom. The Labute approximate surface area is 109 Å². The molecule has 1 aliphatic rings. The highest BCUT2D eigenvalue weighted by atomic mass is 16.1. The van der Waals surface area contributed by atoms with E-state index < -0.39 is 0 Å². The van der Waals surface area contributed by atoms with Gasteiger partial charge in [0.2, 0.25) is 6.41 Å². The normalized spacial score (nSPS) is 20.3. The van der Waals surface area contributed by atoms with Crippen LogP contribution in [-0.2, 0) is 9.59 Å². The van der Waals surface area contributed by atoms with Crippen LogP contribution in [0.3, 0.4) is 0 Å². The predicted octanol–water partition coefficient (Wildman–Crippen LogP) is 2.47. The Balaban J connectivity index is 0.000000203. The molecule has 3 heteroatoms. The summed E-state index contributed by atoms with van der Waals surface area (Å²) in [5.41, 5.74) is 1.31. The van der Waals surface area contributed by atoms with Gasteiger partial charge in [-0.25, -0.2) is 0 Å². The average Bonchev–Trinajstić information content (AvgIpc) is 3.22. The number of amides is 1. The fourth-order valence-electron chi connectivity index (χ4n) is 1.82. The Bertz CT molecular complexity index is 360. The van der Waals surface area contributed by atoms with Crippen molar-refractivity contribution >= 4 is 12.7 Å². The van der Waals surface area contributed by atoms with Gasteiger partial charge in [0.15, 0.2) is 0 Å². The minimum absolute atomic E-state index is 0.303. The summed E-state index contributed by atoms with van der Waals surface area (Å²) in [5.74, 6) is 0.825. The molecule has 1 aromatic rings. The number of rotatable bonds is 5. The van der Waals surface area contributed by atoms with Crippen LogP contribution in [0, 0.1) is 5.92 Å². The van der Waals surface area contributed by atoms with Gasteiger partial charge in [0.05, 0.1) is 0 Å². The topological polar surface area (TPSA) is 37.4 Å². The number of nitrogens with zero attached hydrogens (tertiary/aromatic N) is 1. The van der Waals surface area contributed by atoms with E-state index in [2.05, 4.69) is 12.1 Å². The summed E-state index contributed by atoms with van der Waals surface area (Å²) < 4.78 is 0. The van der Waals surface area contributed by atoms with E-state index in [1.807, 2.05) is 32.0 Å². The summed E-state index contributed by atoms with van der Waals surface area (Å²) in [7, 11) is 0. The van der Waals surface area contributed by atoms with Crippen LogP contribution in [0.15, 0.2) is 30.3 Å². The zero-order valence-electron chi connectivity index (χ0n) is 11.1. The summed E-state index contributed by atoms with van der Waals surface area (Å²) >= 11 is 0. The molecule has 0 radical (unpaired) electrons. The van der Waals surface area contributed by atoms with Crippen LogP contribution in [0.2, 0.25) is 0 Å². The van der Waals surface area contributed by atoms with Gasteiger partial charge in [0.1, 0.15) is 6.29 Å². The molecule has 1 amide bonds. The lowest BCUT2D eigenvalue weighted by Crippen LogP contribution is -2.19. The molecule has 0 spiro atoms. The van der Waals surface area contributed by atoms with Gasteiger partial charge in [-0.2, -0.15) is 0 Å². The van der Waals surface area contributed by atoms with Crippen molar-refractivity contribution in [3.8, 4) is 0 Å². The van der Waals surface area contributed by atoms with Crippen LogP contribution in [0.25, 0.3) is 0 Å².